The van der Waals surface area contributed by atoms with Crippen LogP contribution in [0.5, 0.6) is 0 Å². The molecule has 0 radical (unpaired) electrons. The minimum absolute atomic E-state index is 0.172. The van der Waals surface area contributed by atoms with Crippen LogP contribution in [0.4, 0.5) is 11.6 Å². The molecule has 1 saturated carbocycles. The quantitative estimate of drug-likeness (QED) is 0.473. The van der Waals surface area contributed by atoms with Crippen molar-refractivity contribution in [2.24, 2.45) is 0 Å². The number of nitriles is 1. The summed E-state index contributed by atoms with van der Waals surface area (Å²) in [4.78, 5) is 26.9. The van der Waals surface area contributed by atoms with Crippen LogP contribution >= 0.6 is 0 Å². The van der Waals surface area contributed by atoms with E-state index in [2.05, 4.69) is 26.7 Å². The molecule has 2 N–H and O–H groups in total. The Morgan fingerprint density at radius 2 is 2.06 bits per heavy atom. The number of rotatable bonds is 5. The second-order valence-electron chi connectivity index (χ2n) is 8.73. The highest BCUT2D eigenvalue weighted by Crippen LogP contribution is 2.40. The number of anilines is 2. The van der Waals surface area contributed by atoms with E-state index in [-0.39, 0.29) is 5.91 Å². The van der Waals surface area contributed by atoms with E-state index in [9.17, 15) is 10.1 Å². The Labute approximate surface area is 195 Å². The van der Waals surface area contributed by atoms with Gasteiger partial charge in [-0.3, -0.25) is 14.5 Å². The summed E-state index contributed by atoms with van der Waals surface area (Å²) in [5.74, 6) is -0.428. The monoisotopic (exact) mass is 450 g/mol. The smallest absolute Gasteiger partial charge is 0.238 e. The second kappa shape index (κ2) is 8.23. The molecule has 1 amide bonds. The Balaban J connectivity index is 1.46. The summed E-state index contributed by atoms with van der Waals surface area (Å²) < 4.78 is 1.98. The number of carbonyl (C=O) groups excluding carboxylic acids is 1. The van der Waals surface area contributed by atoms with E-state index in [0.29, 0.717) is 41.1 Å². The predicted molar refractivity (Wildman–Crippen MR) is 126 cm³/mol. The van der Waals surface area contributed by atoms with Gasteiger partial charge in [-0.1, -0.05) is 18.9 Å². The molecule has 0 saturated heterocycles. The number of carbonyl (C=O) groups is 1. The number of hydrogen-bond donors (Lipinski definition) is 2. The van der Waals surface area contributed by atoms with Gasteiger partial charge in [-0.2, -0.15) is 15.3 Å². The Morgan fingerprint density at radius 3 is 2.85 bits per heavy atom. The van der Waals surface area contributed by atoms with E-state index in [0.717, 1.165) is 29.5 Å². The van der Waals surface area contributed by atoms with E-state index < -0.39 is 5.92 Å². The SMILES string of the molecule is N#Cc1ccc2c(c1)C(c1nc(NCc3ccccn3)nc3nn(C4CCCC4)cc13)C(=O)N2. The minimum Gasteiger partial charge on any atom is -0.348 e. The summed E-state index contributed by atoms with van der Waals surface area (Å²) in [5.41, 5.74) is 3.94. The van der Waals surface area contributed by atoms with Crippen LogP contribution in [0.25, 0.3) is 11.0 Å². The third kappa shape index (κ3) is 3.53. The number of hydrogen-bond acceptors (Lipinski definition) is 7. The molecule has 9 heteroatoms. The molecule has 9 nitrogen and oxygen atoms in total. The number of fused-ring (bicyclic) bond motifs is 2. The highest BCUT2D eigenvalue weighted by molar-refractivity contribution is 6.06. The fraction of sp³-hybridized carbons (Fsp3) is 0.280. The van der Waals surface area contributed by atoms with Crippen LogP contribution in [0, 0.1) is 11.3 Å². The average Bonchev–Trinajstić information content (AvgIpc) is 3.60. The third-order valence-electron chi connectivity index (χ3n) is 6.56. The largest absolute Gasteiger partial charge is 0.348 e. The van der Waals surface area contributed by atoms with Crippen LogP contribution < -0.4 is 10.6 Å². The first-order chi connectivity index (χ1) is 16.7. The number of amides is 1. The van der Waals surface area contributed by atoms with E-state index in [4.69, 9.17) is 10.1 Å². The van der Waals surface area contributed by atoms with E-state index >= 15 is 0 Å². The van der Waals surface area contributed by atoms with Gasteiger partial charge in [0.25, 0.3) is 0 Å². The van der Waals surface area contributed by atoms with Gasteiger partial charge in [0.05, 0.1) is 41.0 Å². The zero-order chi connectivity index (χ0) is 23.1. The summed E-state index contributed by atoms with van der Waals surface area (Å²) in [7, 11) is 0. The van der Waals surface area contributed by atoms with E-state index in [1.54, 1.807) is 24.4 Å². The summed E-state index contributed by atoms with van der Waals surface area (Å²) in [5, 5.41) is 21.1. The number of benzene rings is 1. The number of nitrogens with one attached hydrogen (secondary N) is 2. The van der Waals surface area contributed by atoms with Crippen molar-refractivity contribution in [3.05, 3.63) is 71.3 Å². The van der Waals surface area contributed by atoms with Crippen LogP contribution in [-0.2, 0) is 11.3 Å². The summed E-state index contributed by atoms with van der Waals surface area (Å²) in [6.07, 6.45) is 8.25. The Bertz CT molecular complexity index is 1430. The molecule has 1 fully saturated rings. The van der Waals surface area contributed by atoms with Crippen molar-refractivity contribution in [3.8, 4) is 6.07 Å². The zero-order valence-electron chi connectivity index (χ0n) is 18.4. The molecule has 1 aliphatic heterocycles. The van der Waals surface area contributed by atoms with Gasteiger partial charge in [0.2, 0.25) is 11.9 Å². The molecule has 2 aliphatic rings. The molecule has 3 aromatic heterocycles. The van der Waals surface area contributed by atoms with E-state index in [1.807, 2.05) is 29.1 Å². The van der Waals surface area contributed by atoms with Crippen molar-refractivity contribution in [1.29, 1.82) is 5.26 Å². The lowest BCUT2D eigenvalue weighted by atomic mass is 9.94. The van der Waals surface area contributed by atoms with Crippen LogP contribution in [0.2, 0.25) is 0 Å². The van der Waals surface area contributed by atoms with Crippen molar-refractivity contribution in [2.45, 2.75) is 44.2 Å². The molecule has 0 bridgehead atoms. The number of aromatic nitrogens is 5. The first-order valence-corrected chi connectivity index (χ1v) is 11.4. The fourth-order valence-corrected chi connectivity index (χ4v) is 4.87. The number of pyridine rings is 1. The first-order valence-electron chi connectivity index (χ1n) is 11.4. The van der Waals surface area contributed by atoms with Gasteiger partial charge < -0.3 is 10.6 Å². The van der Waals surface area contributed by atoms with Crippen molar-refractivity contribution in [1.82, 2.24) is 24.7 Å². The zero-order valence-corrected chi connectivity index (χ0v) is 18.4. The van der Waals surface area contributed by atoms with Gasteiger partial charge >= 0.3 is 0 Å². The molecule has 6 rings (SSSR count). The predicted octanol–water partition coefficient (Wildman–Crippen LogP) is 3.90. The maximum atomic E-state index is 13.1. The Hall–Kier alpha value is -4.32. The van der Waals surface area contributed by atoms with E-state index in [1.165, 1.54) is 12.8 Å². The van der Waals surface area contributed by atoms with Gasteiger partial charge in [-0.25, -0.2) is 4.98 Å². The van der Waals surface area contributed by atoms with Crippen LogP contribution in [0.1, 0.15) is 60.2 Å². The maximum absolute atomic E-state index is 13.1. The van der Waals surface area contributed by atoms with Crippen LogP contribution in [-0.4, -0.2) is 30.6 Å². The lowest BCUT2D eigenvalue weighted by Crippen LogP contribution is -2.16. The average molecular weight is 451 g/mol. The standard InChI is InChI=1S/C25H22N8O/c26-12-15-8-9-20-18(11-15)21(24(34)29-20)22-19-14-33(17-6-1-2-7-17)32-23(19)31-25(30-22)28-13-16-5-3-4-10-27-16/h3-5,8-11,14,17,21H,1-2,6-7,13H2,(H,29,34)(H,28,31,32). The van der Waals surface area contributed by atoms with Crippen molar-refractivity contribution in [2.75, 3.05) is 10.6 Å². The van der Waals surface area contributed by atoms with Crippen LogP contribution in [0.15, 0.2) is 48.8 Å². The second-order valence-corrected chi connectivity index (χ2v) is 8.73. The molecule has 0 spiro atoms. The Morgan fingerprint density at radius 1 is 1.18 bits per heavy atom. The molecule has 1 unspecified atom stereocenters. The highest BCUT2D eigenvalue weighted by atomic mass is 16.2. The van der Waals surface area contributed by atoms with Crippen molar-refractivity contribution >= 4 is 28.6 Å². The molecular formula is C25H22N8O. The topological polar surface area (TPSA) is 121 Å². The minimum atomic E-state index is -0.648. The summed E-state index contributed by atoms with van der Waals surface area (Å²) >= 11 is 0. The van der Waals surface area contributed by atoms with Gasteiger partial charge in [0.1, 0.15) is 5.92 Å². The number of nitrogens with zero attached hydrogens (tertiary/aromatic N) is 6. The van der Waals surface area contributed by atoms with Gasteiger partial charge in [-0.05, 0) is 48.7 Å². The normalized spacial score (nSPS) is 17.5. The lowest BCUT2D eigenvalue weighted by molar-refractivity contribution is -0.116. The first kappa shape index (κ1) is 20.3. The molecule has 1 aliphatic carbocycles. The van der Waals surface area contributed by atoms with Gasteiger partial charge in [0.15, 0.2) is 5.65 Å². The molecular weight excluding hydrogens is 428 g/mol. The molecule has 4 heterocycles. The molecule has 1 atom stereocenters. The molecule has 34 heavy (non-hydrogen) atoms. The Kier molecular flexibility index (Phi) is 4.91. The van der Waals surface area contributed by atoms with Crippen molar-refractivity contribution < 1.29 is 4.79 Å². The van der Waals surface area contributed by atoms with Crippen LogP contribution in [0.3, 0.4) is 0 Å². The van der Waals surface area contributed by atoms with Crippen molar-refractivity contribution in [3.63, 3.8) is 0 Å². The molecule has 1 aromatic carbocycles. The lowest BCUT2D eigenvalue weighted by Gasteiger charge is -2.12. The third-order valence-corrected chi connectivity index (χ3v) is 6.56. The fourth-order valence-electron chi connectivity index (χ4n) is 4.87. The summed E-state index contributed by atoms with van der Waals surface area (Å²) in [6.45, 7) is 0.446. The molecule has 4 aromatic rings. The van der Waals surface area contributed by atoms with Gasteiger partial charge in [-0.15, -0.1) is 0 Å². The molecule has 168 valence electrons. The van der Waals surface area contributed by atoms with Gasteiger partial charge in [0, 0.05) is 18.1 Å². The summed E-state index contributed by atoms with van der Waals surface area (Å²) in [6, 6.07) is 13.4. The maximum Gasteiger partial charge on any atom is 0.238 e. The highest BCUT2D eigenvalue weighted by Gasteiger charge is 2.36.